The lowest BCUT2D eigenvalue weighted by Gasteiger charge is -2.37. The Morgan fingerprint density at radius 3 is 2.13 bits per heavy atom. The third-order valence-electron chi connectivity index (χ3n) is 2.46. The third kappa shape index (κ3) is 4.80. The van der Waals surface area contributed by atoms with Crippen LogP contribution in [0, 0.1) is 5.41 Å². The van der Waals surface area contributed by atoms with Crippen LogP contribution in [0.25, 0.3) is 0 Å². The molecule has 0 bridgehead atoms. The van der Waals surface area contributed by atoms with Crippen LogP contribution >= 0.6 is 0 Å². The predicted octanol–water partition coefficient (Wildman–Crippen LogP) is 2.99. The molecule has 0 aromatic rings. The molecule has 0 aliphatic rings. The highest BCUT2D eigenvalue weighted by Gasteiger charge is 2.32. The van der Waals surface area contributed by atoms with Crippen LogP contribution in [0.2, 0.25) is 0 Å². The Balaban J connectivity index is 4.75. The second kappa shape index (κ2) is 6.29. The van der Waals surface area contributed by atoms with Crippen molar-refractivity contribution in [3.05, 3.63) is 12.2 Å². The fourth-order valence-corrected chi connectivity index (χ4v) is 1.79. The number of ether oxygens (including phenoxy) is 1. The SMILES string of the molecule is C=C(C)C(NCC)C(OCC)C(C)(C)C. The molecule has 2 atom stereocenters. The van der Waals surface area contributed by atoms with E-state index >= 15 is 0 Å². The van der Waals surface area contributed by atoms with Crippen LogP contribution in [0.5, 0.6) is 0 Å². The molecule has 0 heterocycles. The summed E-state index contributed by atoms with van der Waals surface area (Å²) in [5.74, 6) is 0. The van der Waals surface area contributed by atoms with Gasteiger partial charge >= 0.3 is 0 Å². The number of rotatable bonds is 6. The van der Waals surface area contributed by atoms with E-state index in [2.05, 4.69) is 46.5 Å². The average molecular weight is 213 g/mol. The molecule has 0 spiro atoms. The smallest absolute Gasteiger partial charge is 0.0814 e. The first-order valence-electron chi connectivity index (χ1n) is 5.85. The summed E-state index contributed by atoms with van der Waals surface area (Å²) in [4.78, 5) is 0. The standard InChI is InChI=1S/C13H27NO/c1-8-14-11(10(3)4)12(15-9-2)13(5,6)7/h11-12,14H,3,8-9H2,1-2,4-7H3. The van der Waals surface area contributed by atoms with Gasteiger partial charge in [0.15, 0.2) is 0 Å². The maximum atomic E-state index is 5.86. The van der Waals surface area contributed by atoms with Crippen LogP contribution in [0.4, 0.5) is 0 Å². The molecule has 0 rings (SSSR count). The lowest BCUT2D eigenvalue weighted by Crippen LogP contribution is -2.48. The van der Waals surface area contributed by atoms with E-state index in [1.54, 1.807) is 0 Å². The van der Waals surface area contributed by atoms with Gasteiger partial charge in [0.25, 0.3) is 0 Å². The van der Waals surface area contributed by atoms with E-state index in [1.807, 2.05) is 6.92 Å². The summed E-state index contributed by atoms with van der Waals surface area (Å²) < 4.78 is 5.86. The molecule has 15 heavy (non-hydrogen) atoms. The molecular weight excluding hydrogens is 186 g/mol. The average Bonchev–Trinajstić information content (AvgIpc) is 2.09. The molecular formula is C13H27NO. The predicted molar refractivity (Wildman–Crippen MR) is 67.1 cm³/mol. The number of likely N-dealkylation sites (N-methyl/N-ethyl adjacent to an activating group) is 1. The van der Waals surface area contributed by atoms with Gasteiger partial charge in [-0.2, -0.15) is 0 Å². The van der Waals surface area contributed by atoms with Gasteiger partial charge in [0, 0.05) is 6.61 Å². The molecule has 0 fully saturated rings. The van der Waals surface area contributed by atoms with E-state index in [0.717, 1.165) is 18.7 Å². The molecule has 0 saturated carbocycles. The fourth-order valence-electron chi connectivity index (χ4n) is 1.79. The maximum absolute atomic E-state index is 5.86. The van der Waals surface area contributed by atoms with Crippen molar-refractivity contribution < 1.29 is 4.74 Å². The largest absolute Gasteiger partial charge is 0.376 e. The Morgan fingerprint density at radius 1 is 1.33 bits per heavy atom. The minimum atomic E-state index is 0.127. The number of hydrogen-bond donors (Lipinski definition) is 1. The molecule has 0 aromatic heterocycles. The highest BCUT2D eigenvalue weighted by molar-refractivity contribution is 5.07. The fraction of sp³-hybridized carbons (Fsp3) is 0.846. The van der Waals surface area contributed by atoms with Crippen molar-refractivity contribution in [2.45, 2.75) is 53.7 Å². The molecule has 90 valence electrons. The van der Waals surface area contributed by atoms with E-state index in [9.17, 15) is 0 Å². The van der Waals surface area contributed by atoms with Gasteiger partial charge in [0.1, 0.15) is 0 Å². The van der Waals surface area contributed by atoms with Gasteiger partial charge < -0.3 is 10.1 Å². The van der Waals surface area contributed by atoms with Crippen LogP contribution < -0.4 is 5.32 Å². The minimum absolute atomic E-state index is 0.127. The number of hydrogen-bond acceptors (Lipinski definition) is 2. The monoisotopic (exact) mass is 213 g/mol. The van der Waals surface area contributed by atoms with E-state index < -0.39 is 0 Å². The van der Waals surface area contributed by atoms with Gasteiger partial charge in [-0.1, -0.05) is 39.8 Å². The van der Waals surface area contributed by atoms with Crippen molar-refractivity contribution in [2.24, 2.45) is 5.41 Å². The summed E-state index contributed by atoms with van der Waals surface area (Å²) in [5.41, 5.74) is 1.27. The summed E-state index contributed by atoms with van der Waals surface area (Å²) in [6, 6.07) is 0.245. The molecule has 2 heteroatoms. The van der Waals surface area contributed by atoms with Gasteiger partial charge in [-0.05, 0) is 25.8 Å². The van der Waals surface area contributed by atoms with E-state index in [0.29, 0.717) is 0 Å². The van der Waals surface area contributed by atoms with Gasteiger partial charge in [0.05, 0.1) is 12.1 Å². The first-order chi connectivity index (χ1) is 6.84. The van der Waals surface area contributed by atoms with Crippen molar-refractivity contribution in [1.29, 1.82) is 0 Å². The van der Waals surface area contributed by atoms with Crippen molar-refractivity contribution in [3.63, 3.8) is 0 Å². The normalized spacial score (nSPS) is 16.1. The van der Waals surface area contributed by atoms with E-state index in [1.165, 1.54) is 0 Å². The van der Waals surface area contributed by atoms with Gasteiger partial charge in [-0.3, -0.25) is 0 Å². The molecule has 0 aliphatic carbocycles. The van der Waals surface area contributed by atoms with E-state index in [-0.39, 0.29) is 17.6 Å². The minimum Gasteiger partial charge on any atom is -0.376 e. The Labute approximate surface area is 95.1 Å². The molecule has 0 radical (unpaired) electrons. The zero-order chi connectivity index (χ0) is 12.1. The second-order valence-electron chi connectivity index (χ2n) is 5.12. The van der Waals surface area contributed by atoms with Crippen LogP contribution in [0.3, 0.4) is 0 Å². The van der Waals surface area contributed by atoms with Crippen LogP contribution in [0.1, 0.15) is 41.5 Å². The summed E-state index contributed by atoms with van der Waals surface area (Å²) in [5, 5.41) is 3.45. The Kier molecular flexibility index (Phi) is 6.15. The molecule has 0 aliphatic heterocycles. The number of nitrogens with one attached hydrogen (secondary N) is 1. The molecule has 0 amide bonds. The molecule has 2 unspecified atom stereocenters. The molecule has 2 nitrogen and oxygen atoms in total. The van der Waals surface area contributed by atoms with Gasteiger partial charge in [-0.25, -0.2) is 0 Å². The van der Waals surface area contributed by atoms with Crippen molar-refractivity contribution >= 4 is 0 Å². The third-order valence-corrected chi connectivity index (χ3v) is 2.46. The van der Waals surface area contributed by atoms with Gasteiger partial charge in [0.2, 0.25) is 0 Å². The zero-order valence-electron chi connectivity index (χ0n) is 11.2. The quantitative estimate of drug-likeness (QED) is 0.685. The highest BCUT2D eigenvalue weighted by Crippen LogP contribution is 2.27. The van der Waals surface area contributed by atoms with E-state index in [4.69, 9.17) is 4.74 Å². The van der Waals surface area contributed by atoms with Crippen LogP contribution in [0.15, 0.2) is 12.2 Å². The highest BCUT2D eigenvalue weighted by atomic mass is 16.5. The van der Waals surface area contributed by atoms with Gasteiger partial charge in [-0.15, -0.1) is 0 Å². The lowest BCUT2D eigenvalue weighted by molar-refractivity contribution is -0.0275. The second-order valence-corrected chi connectivity index (χ2v) is 5.12. The summed E-state index contributed by atoms with van der Waals surface area (Å²) in [6.45, 7) is 18.6. The van der Waals surface area contributed by atoms with Crippen LogP contribution in [-0.4, -0.2) is 25.3 Å². The molecule has 0 aromatic carbocycles. The van der Waals surface area contributed by atoms with Crippen molar-refractivity contribution in [1.82, 2.24) is 5.32 Å². The zero-order valence-corrected chi connectivity index (χ0v) is 11.2. The molecule has 0 saturated heterocycles. The van der Waals surface area contributed by atoms with Crippen LogP contribution in [-0.2, 0) is 4.74 Å². The summed E-state index contributed by atoms with van der Waals surface area (Å²) in [7, 11) is 0. The Morgan fingerprint density at radius 2 is 1.87 bits per heavy atom. The summed E-state index contributed by atoms with van der Waals surface area (Å²) >= 11 is 0. The Hall–Kier alpha value is -0.340. The first kappa shape index (κ1) is 14.7. The summed E-state index contributed by atoms with van der Waals surface area (Å²) in [6.07, 6.45) is 0.181. The first-order valence-corrected chi connectivity index (χ1v) is 5.85. The Bertz CT molecular complexity index is 193. The molecule has 1 N–H and O–H groups in total. The van der Waals surface area contributed by atoms with Crippen molar-refractivity contribution in [3.8, 4) is 0 Å². The maximum Gasteiger partial charge on any atom is 0.0814 e. The lowest BCUT2D eigenvalue weighted by atomic mass is 9.82. The topological polar surface area (TPSA) is 21.3 Å². The van der Waals surface area contributed by atoms with Crippen molar-refractivity contribution in [2.75, 3.05) is 13.2 Å².